The predicted octanol–water partition coefficient (Wildman–Crippen LogP) is 11.8. The third kappa shape index (κ3) is 4.89. The number of nitrogens with zero attached hydrogens (tertiary/aromatic N) is 2. The smallest absolute Gasteiger partial charge is 0.260 e. The minimum Gasteiger partial charge on any atom is -0.458 e. The number of hydrogen-bond donors (Lipinski definition) is 0. The third-order valence-electron chi connectivity index (χ3n) is 11.6. The van der Waals surface area contributed by atoms with Gasteiger partial charge in [-0.3, -0.25) is 0 Å². The third-order valence-corrected chi connectivity index (χ3v) is 11.6. The van der Waals surface area contributed by atoms with E-state index in [1.165, 1.54) is 16.2 Å². The van der Waals surface area contributed by atoms with E-state index in [4.69, 9.17) is 9.47 Å². The Morgan fingerprint density at radius 3 is 1.68 bits per heavy atom. The molecular weight excluding hydrogens is 695 g/mol. The van der Waals surface area contributed by atoms with E-state index >= 15 is 0 Å². The molecule has 0 saturated heterocycles. The van der Waals surface area contributed by atoms with Crippen LogP contribution in [0.4, 0.5) is 17.1 Å². The van der Waals surface area contributed by atoms with Gasteiger partial charge in [-0.25, -0.2) is 0 Å². The normalized spacial score (nSPS) is 12.5. The van der Waals surface area contributed by atoms with Gasteiger partial charge in [-0.2, -0.15) is 0 Å². The lowest BCUT2D eigenvalue weighted by Gasteiger charge is -2.33. The van der Waals surface area contributed by atoms with Crippen LogP contribution < -0.4 is 30.8 Å². The zero-order chi connectivity index (χ0) is 37.5. The van der Waals surface area contributed by atoms with E-state index in [0.717, 1.165) is 89.7 Å². The molecule has 1 aromatic heterocycles. The first-order valence-corrected chi connectivity index (χ1v) is 19.5. The van der Waals surface area contributed by atoms with Crippen molar-refractivity contribution in [2.24, 2.45) is 0 Å². The van der Waals surface area contributed by atoms with Gasteiger partial charge in [-0.05, 0) is 100 Å². The van der Waals surface area contributed by atoms with Crippen LogP contribution in [-0.2, 0) is 0 Å². The fourth-order valence-electron chi connectivity index (χ4n) is 9.22. The highest BCUT2D eigenvalue weighted by molar-refractivity contribution is 6.98. The highest BCUT2D eigenvalue weighted by Gasteiger charge is 2.41. The average Bonchev–Trinajstić information content (AvgIpc) is 3.60. The molecule has 0 amide bonds. The zero-order valence-corrected chi connectivity index (χ0v) is 30.8. The molecule has 5 heteroatoms. The van der Waals surface area contributed by atoms with Crippen LogP contribution in [0.1, 0.15) is 0 Å². The highest BCUT2D eigenvalue weighted by atomic mass is 16.5. The molecule has 0 radical (unpaired) electrons. The lowest BCUT2D eigenvalue weighted by molar-refractivity contribution is 0.465. The second-order valence-electron chi connectivity index (χ2n) is 14.8. The van der Waals surface area contributed by atoms with Gasteiger partial charge >= 0.3 is 0 Å². The van der Waals surface area contributed by atoms with Gasteiger partial charge in [0.15, 0.2) is 0 Å². The fraction of sp³-hybridized carbons (Fsp3) is 0. The molecule has 4 nitrogen and oxygen atoms in total. The van der Waals surface area contributed by atoms with Crippen LogP contribution in [0.2, 0.25) is 0 Å². The largest absolute Gasteiger partial charge is 0.458 e. The van der Waals surface area contributed by atoms with Gasteiger partial charge in [0.2, 0.25) is 0 Å². The Morgan fingerprint density at radius 1 is 0.404 bits per heavy atom. The summed E-state index contributed by atoms with van der Waals surface area (Å²) in [6, 6.07) is 71.2. The van der Waals surface area contributed by atoms with E-state index in [9.17, 15) is 0 Å². The number of fused-ring (bicyclic) bond motifs is 9. The zero-order valence-electron chi connectivity index (χ0n) is 30.8. The van der Waals surface area contributed by atoms with Crippen molar-refractivity contribution in [1.82, 2.24) is 4.57 Å². The second-order valence-corrected chi connectivity index (χ2v) is 14.8. The molecule has 12 rings (SSSR count). The van der Waals surface area contributed by atoms with Gasteiger partial charge in [0.05, 0.1) is 16.7 Å². The maximum Gasteiger partial charge on any atom is 0.260 e. The number of aromatic nitrogens is 1. The highest BCUT2D eigenvalue weighted by Crippen LogP contribution is 2.47. The van der Waals surface area contributed by atoms with E-state index in [1.54, 1.807) is 0 Å². The first kappa shape index (κ1) is 31.8. The number of benzene rings is 9. The molecule has 0 atom stereocenters. The number of rotatable bonds is 5. The lowest BCUT2D eigenvalue weighted by Crippen LogP contribution is -2.57. The predicted molar refractivity (Wildman–Crippen MR) is 236 cm³/mol. The maximum atomic E-state index is 7.07. The number of para-hydroxylation sites is 4. The van der Waals surface area contributed by atoms with Crippen molar-refractivity contribution in [3.8, 4) is 39.8 Å². The van der Waals surface area contributed by atoms with Gasteiger partial charge in [0.1, 0.15) is 23.0 Å². The standard InChI is InChI=1S/C52H33BN2O2/c1-5-17-34(18-6-1)35-29-49-52-50(30-35)57-48-31-41-44(32-43(48)53(52)42-27-15-16-28-47(42)56-49)55(38-23-11-4-12-24-38)46-33-45(39-25-13-14-26-40(39)51(41)46)54(36-19-7-2-8-20-36)37-21-9-3-10-22-37/h1-33H. The minimum atomic E-state index is -0.0703. The first-order valence-electron chi connectivity index (χ1n) is 19.5. The molecule has 2 aliphatic rings. The Kier molecular flexibility index (Phi) is 6.99. The molecule has 0 aliphatic carbocycles. The molecule has 0 unspecified atom stereocenters. The van der Waals surface area contributed by atoms with Crippen LogP contribution in [-0.4, -0.2) is 11.3 Å². The van der Waals surface area contributed by atoms with Crippen LogP contribution in [0.3, 0.4) is 0 Å². The van der Waals surface area contributed by atoms with E-state index in [0.29, 0.717) is 0 Å². The monoisotopic (exact) mass is 728 g/mol. The van der Waals surface area contributed by atoms with Gasteiger partial charge in [0.25, 0.3) is 6.71 Å². The van der Waals surface area contributed by atoms with Crippen LogP contribution >= 0.6 is 0 Å². The Hall–Kier alpha value is -7.50. The summed E-state index contributed by atoms with van der Waals surface area (Å²) in [4.78, 5) is 2.38. The number of anilines is 3. The van der Waals surface area contributed by atoms with Gasteiger partial charge in [0, 0.05) is 38.7 Å². The van der Waals surface area contributed by atoms with Crippen molar-refractivity contribution in [3.63, 3.8) is 0 Å². The topological polar surface area (TPSA) is 26.6 Å². The second kappa shape index (κ2) is 12.5. The SMILES string of the molecule is c1ccc(-c2cc3c4c(c2)Oc2cc5c6c7ccccc7c(N(c7ccccc7)c7ccccc7)cc6n(-c6ccccc6)c5cc2B4c2ccccc2O3)cc1. The molecule has 0 saturated carbocycles. The molecule has 10 aromatic rings. The summed E-state index contributed by atoms with van der Waals surface area (Å²) in [5.41, 5.74) is 12.2. The van der Waals surface area contributed by atoms with Crippen molar-refractivity contribution in [2.45, 2.75) is 0 Å². The minimum absolute atomic E-state index is 0.0703. The van der Waals surface area contributed by atoms with E-state index in [1.807, 2.05) is 6.07 Å². The van der Waals surface area contributed by atoms with Crippen LogP contribution in [0, 0.1) is 0 Å². The van der Waals surface area contributed by atoms with E-state index < -0.39 is 0 Å². The first-order chi connectivity index (χ1) is 28.3. The van der Waals surface area contributed by atoms with Crippen LogP contribution in [0.5, 0.6) is 23.0 Å². The Labute approximate surface area is 330 Å². The lowest BCUT2D eigenvalue weighted by atomic mass is 9.35. The Bertz CT molecular complexity index is 3140. The van der Waals surface area contributed by atoms with Gasteiger partial charge in [-0.1, -0.05) is 127 Å². The molecule has 3 heterocycles. The summed E-state index contributed by atoms with van der Waals surface area (Å²) in [5.74, 6) is 3.41. The summed E-state index contributed by atoms with van der Waals surface area (Å²) in [6.07, 6.45) is 0. The molecule has 0 fully saturated rings. The van der Waals surface area contributed by atoms with Crippen molar-refractivity contribution in [1.29, 1.82) is 0 Å². The van der Waals surface area contributed by atoms with Crippen molar-refractivity contribution in [2.75, 3.05) is 4.90 Å². The van der Waals surface area contributed by atoms with Crippen molar-refractivity contribution < 1.29 is 9.47 Å². The molecule has 0 bridgehead atoms. The van der Waals surface area contributed by atoms with Crippen LogP contribution in [0.25, 0.3) is 49.4 Å². The summed E-state index contributed by atoms with van der Waals surface area (Å²) in [6.45, 7) is -0.0703. The molecule has 0 spiro atoms. The van der Waals surface area contributed by atoms with Crippen LogP contribution in [0.15, 0.2) is 200 Å². The summed E-state index contributed by atoms with van der Waals surface area (Å²) in [5, 5.41) is 4.69. The van der Waals surface area contributed by atoms with E-state index in [-0.39, 0.29) is 6.71 Å². The molecule has 57 heavy (non-hydrogen) atoms. The Morgan fingerprint density at radius 2 is 0.982 bits per heavy atom. The maximum absolute atomic E-state index is 7.07. The summed E-state index contributed by atoms with van der Waals surface area (Å²) < 4.78 is 16.2. The van der Waals surface area contributed by atoms with Gasteiger partial charge in [-0.15, -0.1) is 0 Å². The number of hydrogen-bond acceptors (Lipinski definition) is 3. The molecule has 266 valence electrons. The molecular formula is C52H33BN2O2. The number of ether oxygens (including phenoxy) is 2. The quantitative estimate of drug-likeness (QED) is 0.165. The molecule has 9 aromatic carbocycles. The van der Waals surface area contributed by atoms with Crippen molar-refractivity contribution >= 4 is 72.7 Å². The average molecular weight is 729 g/mol. The molecule has 2 aliphatic heterocycles. The Balaban J connectivity index is 1.18. The fourth-order valence-corrected chi connectivity index (χ4v) is 9.22. The van der Waals surface area contributed by atoms with Crippen molar-refractivity contribution in [3.05, 3.63) is 200 Å². The van der Waals surface area contributed by atoms with E-state index in [2.05, 4.69) is 204 Å². The summed E-state index contributed by atoms with van der Waals surface area (Å²) in [7, 11) is 0. The van der Waals surface area contributed by atoms with Gasteiger partial charge < -0.3 is 18.9 Å². The summed E-state index contributed by atoms with van der Waals surface area (Å²) >= 11 is 0. The molecule has 0 N–H and O–H groups in total.